The number of fused-ring (bicyclic) bond motifs is 1. The van der Waals surface area contributed by atoms with Gasteiger partial charge in [0.1, 0.15) is 6.04 Å². The molecule has 0 bridgehead atoms. The topological polar surface area (TPSA) is 75.7 Å². The summed E-state index contributed by atoms with van der Waals surface area (Å²) in [6, 6.07) is -0.557. The molecular formula is C13H20N2O4S. The number of carbonyl (C=O) groups is 3. The SMILES string of the molecule is CC(C)NC(=O)COC(=O)[C@H]1CS[C@]2(C)CCC(=O)N12. The van der Waals surface area contributed by atoms with Crippen molar-refractivity contribution in [1.29, 1.82) is 0 Å². The van der Waals surface area contributed by atoms with Crippen LogP contribution in [0.2, 0.25) is 0 Å². The number of rotatable bonds is 4. The van der Waals surface area contributed by atoms with Crippen molar-refractivity contribution in [1.82, 2.24) is 10.2 Å². The lowest BCUT2D eigenvalue weighted by Gasteiger charge is -2.29. The van der Waals surface area contributed by atoms with Crippen LogP contribution in [0, 0.1) is 0 Å². The van der Waals surface area contributed by atoms with Crippen molar-refractivity contribution in [3.8, 4) is 0 Å². The highest BCUT2D eigenvalue weighted by molar-refractivity contribution is 8.01. The molecule has 0 aromatic rings. The minimum Gasteiger partial charge on any atom is -0.454 e. The maximum atomic E-state index is 12.1. The predicted molar refractivity (Wildman–Crippen MR) is 75.0 cm³/mol. The highest BCUT2D eigenvalue weighted by atomic mass is 32.2. The first-order valence-electron chi connectivity index (χ1n) is 6.75. The smallest absolute Gasteiger partial charge is 0.330 e. The minimum atomic E-state index is -0.563. The zero-order valence-corrected chi connectivity index (χ0v) is 12.8. The van der Waals surface area contributed by atoms with Crippen LogP contribution in [-0.4, -0.2) is 52.0 Å². The fourth-order valence-electron chi connectivity index (χ4n) is 2.59. The van der Waals surface area contributed by atoms with E-state index in [1.54, 1.807) is 16.7 Å². The monoisotopic (exact) mass is 300 g/mol. The van der Waals surface area contributed by atoms with Gasteiger partial charge in [-0.25, -0.2) is 4.79 Å². The zero-order chi connectivity index (χ0) is 14.9. The normalized spacial score (nSPS) is 28.7. The number of esters is 1. The third-order valence-corrected chi connectivity index (χ3v) is 5.02. The Kier molecular flexibility index (Phi) is 4.27. The summed E-state index contributed by atoms with van der Waals surface area (Å²) < 4.78 is 5.03. The van der Waals surface area contributed by atoms with Crippen LogP contribution in [0.25, 0.3) is 0 Å². The molecule has 1 N–H and O–H groups in total. The van der Waals surface area contributed by atoms with Crippen LogP contribution in [0.3, 0.4) is 0 Å². The van der Waals surface area contributed by atoms with Crippen LogP contribution in [0.15, 0.2) is 0 Å². The number of nitrogens with one attached hydrogen (secondary N) is 1. The molecule has 2 heterocycles. The lowest BCUT2D eigenvalue weighted by atomic mass is 10.2. The average Bonchev–Trinajstić information content (AvgIpc) is 2.83. The Morgan fingerprint density at radius 1 is 1.55 bits per heavy atom. The van der Waals surface area contributed by atoms with E-state index in [-0.39, 0.29) is 29.3 Å². The molecule has 2 rings (SSSR count). The number of amides is 2. The molecule has 0 aromatic carbocycles. The summed E-state index contributed by atoms with van der Waals surface area (Å²) in [6.07, 6.45) is 1.23. The van der Waals surface area contributed by atoms with Crippen LogP contribution < -0.4 is 5.32 Å². The molecule has 0 unspecified atom stereocenters. The summed E-state index contributed by atoms with van der Waals surface area (Å²) in [6.45, 7) is 5.35. The van der Waals surface area contributed by atoms with Gasteiger partial charge in [-0.15, -0.1) is 11.8 Å². The molecule has 0 radical (unpaired) electrons. The van der Waals surface area contributed by atoms with E-state index >= 15 is 0 Å². The zero-order valence-electron chi connectivity index (χ0n) is 12.0. The van der Waals surface area contributed by atoms with Gasteiger partial charge in [-0.1, -0.05) is 0 Å². The van der Waals surface area contributed by atoms with Crippen molar-refractivity contribution in [2.75, 3.05) is 12.4 Å². The van der Waals surface area contributed by atoms with Gasteiger partial charge in [0.25, 0.3) is 5.91 Å². The fourth-order valence-corrected chi connectivity index (χ4v) is 4.01. The molecule has 2 saturated heterocycles. The van der Waals surface area contributed by atoms with Crippen molar-refractivity contribution in [3.05, 3.63) is 0 Å². The number of thioether (sulfide) groups is 1. The Hall–Kier alpha value is -1.24. The summed E-state index contributed by atoms with van der Waals surface area (Å²) in [4.78, 5) is 36.7. The van der Waals surface area contributed by atoms with Crippen LogP contribution in [0.4, 0.5) is 0 Å². The summed E-state index contributed by atoms with van der Waals surface area (Å²) in [5.41, 5.74) is 0. The predicted octanol–water partition coefficient (Wildman–Crippen LogP) is 0.508. The Labute approximate surface area is 122 Å². The minimum absolute atomic E-state index is 0.00619. The summed E-state index contributed by atoms with van der Waals surface area (Å²) in [5, 5.41) is 2.65. The number of hydrogen-bond donors (Lipinski definition) is 1. The molecular weight excluding hydrogens is 280 g/mol. The number of carbonyl (C=O) groups excluding carboxylic acids is 3. The molecule has 112 valence electrons. The highest BCUT2D eigenvalue weighted by Crippen LogP contribution is 2.47. The van der Waals surface area contributed by atoms with Crippen molar-refractivity contribution in [2.45, 2.75) is 50.6 Å². The fraction of sp³-hybridized carbons (Fsp3) is 0.769. The number of nitrogens with zero attached hydrogens (tertiary/aromatic N) is 1. The molecule has 2 atom stereocenters. The van der Waals surface area contributed by atoms with Crippen LogP contribution in [0.1, 0.15) is 33.6 Å². The molecule has 2 fully saturated rings. The second-order valence-corrected chi connectivity index (χ2v) is 7.10. The molecule has 6 nitrogen and oxygen atoms in total. The number of hydrogen-bond acceptors (Lipinski definition) is 5. The lowest BCUT2D eigenvalue weighted by molar-refractivity contribution is -0.156. The third kappa shape index (κ3) is 2.92. The van der Waals surface area contributed by atoms with Crippen LogP contribution in [0.5, 0.6) is 0 Å². The molecule has 2 aliphatic rings. The van der Waals surface area contributed by atoms with Crippen molar-refractivity contribution in [2.24, 2.45) is 0 Å². The van der Waals surface area contributed by atoms with Gasteiger partial charge in [-0.2, -0.15) is 0 Å². The van der Waals surface area contributed by atoms with Gasteiger partial charge in [-0.3, -0.25) is 9.59 Å². The van der Waals surface area contributed by atoms with Crippen molar-refractivity contribution < 1.29 is 19.1 Å². The Morgan fingerprint density at radius 2 is 2.25 bits per heavy atom. The Balaban J connectivity index is 1.90. The second kappa shape index (κ2) is 5.63. The molecule has 0 aliphatic carbocycles. The van der Waals surface area contributed by atoms with E-state index in [2.05, 4.69) is 5.32 Å². The molecule has 2 amide bonds. The van der Waals surface area contributed by atoms with Gasteiger partial charge in [0.05, 0.1) is 4.87 Å². The van der Waals surface area contributed by atoms with Gasteiger partial charge < -0.3 is 15.0 Å². The van der Waals surface area contributed by atoms with Crippen molar-refractivity contribution >= 4 is 29.5 Å². The second-order valence-electron chi connectivity index (χ2n) is 5.60. The van der Waals surface area contributed by atoms with E-state index in [1.165, 1.54) is 0 Å². The van der Waals surface area contributed by atoms with E-state index in [0.717, 1.165) is 6.42 Å². The van der Waals surface area contributed by atoms with Gasteiger partial charge in [0.15, 0.2) is 6.61 Å². The first-order valence-corrected chi connectivity index (χ1v) is 7.74. The van der Waals surface area contributed by atoms with Crippen molar-refractivity contribution in [3.63, 3.8) is 0 Å². The lowest BCUT2D eigenvalue weighted by Crippen LogP contribution is -2.47. The Morgan fingerprint density at radius 3 is 2.90 bits per heavy atom. The molecule has 7 heteroatoms. The van der Waals surface area contributed by atoms with E-state index in [0.29, 0.717) is 12.2 Å². The first kappa shape index (κ1) is 15.2. The first-order chi connectivity index (χ1) is 9.33. The van der Waals surface area contributed by atoms with Crippen LogP contribution >= 0.6 is 11.8 Å². The molecule has 2 aliphatic heterocycles. The summed E-state index contributed by atoms with van der Waals surface area (Å²) in [7, 11) is 0. The van der Waals surface area contributed by atoms with E-state index < -0.39 is 12.0 Å². The van der Waals surface area contributed by atoms with E-state index in [1.807, 2.05) is 20.8 Å². The summed E-state index contributed by atoms with van der Waals surface area (Å²) in [5.74, 6) is -0.289. The highest BCUT2D eigenvalue weighted by Gasteiger charge is 2.53. The standard InChI is InChI=1S/C13H20N2O4S/c1-8(2)14-10(16)6-19-12(18)9-7-20-13(3)5-4-11(17)15(9)13/h8-9H,4-7H2,1-3H3,(H,14,16)/t9-,13-/m1/s1. The maximum Gasteiger partial charge on any atom is 0.330 e. The summed E-state index contributed by atoms with van der Waals surface area (Å²) >= 11 is 1.60. The van der Waals surface area contributed by atoms with E-state index in [4.69, 9.17) is 4.74 Å². The maximum absolute atomic E-state index is 12.1. The quantitative estimate of drug-likeness (QED) is 0.766. The van der Waals surface area contributed by atoms with Gasteiger partial charge >= 0.3 is 5.97 Å². The third-order valence-electron chi connectivity index (χ3n) is 3.51. The molecule has 0 aromatic heterocycles. The molecule has 0 spiro atoms. The van der Waals surface area contributed by atoms with Gasteiger partial charge in [-0.05, 0) is 27.2 Å². The molecule has 20 heavy (non-hydrogen) atoms. The average molecular weight is 300 g/mol. The Bertz CT molecular complexity index is 440. The van der Waals surface area contributed by atoms with Crippen LogP contribution in [-0.2, 0) is 19.1 Å². The largest absolute Gasteiger partial charge is 0.454 e. The molecule has 0 saturated carbocycles. The van der Waals surface area contributed by atoms with Gasteiger partial charge in [0.2, 0.25) is 5.91 Å². The number of ether oxygens (including phenoxy) is 1. The van der Waals surface area contributed by atoms with Gasteiger partial charge in [0, 0.05) is 18.2 Å². The van der Waals surface area contributed by atoms with E-state index in [9.17, 15) is 14.4 Å².